The van der Waals surface area contributed by atoms with Crippen LogP contribution in [0.15, 0.2) is 12.4 Å². The molecule has 2 fully saturated rings. The van der Waals surface area contributed by atoms with Crippen molar-refractivity contribution in [2.75, 3.05) is 32.7 Å². The maximum absolute atomic E-state index is 4.01. The first-order chi connectivity index (χ1) is 10.3. The molecule has 1 aromatic heterocycles. The predicted molar refractivity (Wildman–Crippen MR) is 86.3 cm³/mol. The van der Waals surface area contributed by atoms with Crippen LogP contribution in [0.5, 0.6) is 0 Å². The highest BCUT2D eigenvalue weighted by molar-refractivity contribution is 5.02. The van der Waals surface area contributed by atoms with Crippen LogP contribution in [0.25, 0.3) is 0 Å². The lowest BCUT2D eigenvalue weighted by atomic mass is 9.89. The fourth-order valence-corrected chi connectivity index (χ4v) is 4.03. The van der Waals surface area contributed by atoms with Crippen molar-refractivity contribution in [1.82, 2.24) is 20.0 Å². The number of hydrogen-bond acceptors (Lipinski definition) is 3. The van der Waals surface area contributed by atoms with Gasteiger partial charge in [-0.05, 0) is 89.7 Å². The van der Waals surface area contributed by atoms with Gasteiger partial charge < -0.3 is 9.80 Å². The van der Waals surface area contributed by atoms with Gasteiger partial charge >= 0.3 is 0 Å². The number of aromatic amines is 1. The standard InChI is InChI=1S/C17H30N4/c1-15(21-9-2-3-10-21)17-6-11-20(12-7-17)8-4-5-16-13-18-19-14-16/h13-15,17H,2-12H2,1H3,(H,18,19). The van der Waals surface area contributed by atoms with E-state index in [4.69, 9.17) is 0 Å². The Morgan fingerprint density at radius 1 is 1.24 bits per heavy atom. The third kappa shape index (κ3) is 4.07. The zero-order chi connectivity index (χ0) is 14.5. The Balaban J connectivity index is 1.34. The molecule has 118 valence electrons. The Hall–Kier alpha value is -0.870. The molecule has 4 heteroatoms. The molecule has 3 rings (SSSR count). The Bertz CT molecular complexity index is 389. The number of aryl methyl sites for hydroxylation is 1. The van der Waals surface area contributed by atoms with Crippen molar-refractivity contribution >= 4 is 0 Å². The van der Waals surface area contributed by atoms with Crippen LogP contribution in [-0.2, 0) is 6.42 Å². The summed E-state index contributed by atoms with van der Waals surface area (Å²) in [7, 11) is 0. The minimum atomic E-state index is 0.806. The molecule has 4 nitrogen and oxygen atoms in total. The van der Waals surface area contributed by atoms with Gasteiger partial charge in [0, 0.05) is 12.2 Å². The van der Waals surface area contributed by atoms with Gasteiger partial charge in [0.2, 0.25) is 0 Å². The summed E-state index contributed by atoms with van der Waals surface area (Å²) < 4.78 is 0. The minimum Gasteiger partial charge on any atom is -0.303 e. The second kappa shape index (κ2) is 7.41. The van der Waals surface area contributed by atoms with Crippen molar-refractivity contribution in [2.24, 2.45) is 5.92 Å². The van der Waals surface area contributed by atoms with Crippen molar-refractivity contribution < 1.29 is 0 Å². The van der Waals surface area contributed by atoms with Gasteiger partial charge in [-0.3, -0.25) is 5.10 Å². The van der Waals surface area contributed by atoms with Crippen LogP contribution in [0.3, 0.4) is 0 Å². The molecule has 0 aromatic carbocycles. The fraction of sp³-hybridized carbons (Fsp3) is 0.824. The summed E-state index contributed by atoms with van der Waals surface area (Å²) in [5.41, 5.74) is 1.34. The van der Waals surface area contributed by atoms with Gasteiger partial charge in [-0.25, -0.2) is 0 Å². The van der Waals surface area contributed by atoms with E-state index in [1.165, 1.54) is 70.4 Å². The lowest BCUT2D eigenvalue weighted by Crippen LogP contribution is -2.43. The summed E-state index contributed by atoms with van der Waals surface area (Å²) in [6.07, 6.45) is 12.0. The first-order valence-electron chi connectivity index (χ1n) is 8.77. The van der Waals surface area contributed by atoms with Crippen LogP contribution in [0, 0.1) is 5.92 Å². The molecule has 3 heterocycles. The van der Waals surface area contributed by atoms with Crippen molar-refractivity contribution in [3.05, 3.63) is 18.0 Å². The van der Waals surface area contributed by atoms with Gasteiger partial charge in [0.1, 0.15) is 0 Å². The van der Waals surface area contributed by atoms with E-state index in [9.17, 15) is 0 Å². The molecule has 0 spiro atoms. The average Bonchev–Trinajstić information content (AvgIpc) is 3.21. The minimum absolute atomic E-state index is 0.806. The maximum Gasteiger partial charge on any atom is 0.0519 e. The molecule has 1 unspecified atom stereocenters. The highest BCUT2D eigenvalue weighted by Gasteiger charge is 2.28. The van der Waals surface area contributed by atoms with Crippen LogP contribution < -0.4 is 0 Å². The van der Waals surface area contributed by atoms with Gasteiger partial charge in [-0.15, -0.1) is 0 Å². The number of nitrogens with zero attached hydrogens (tertiary/aromatic N) is 3. The van der Waals surface area contributed by atoms with E-state index in [1.54, 1.807) is 0 Å². The second-order valence-corrected chi connectivity index (χ2v) is 6.87. The fourth-order valence-electron chi connectivity index (χ4n) is 4.03. The third-order valence-corrected chi connectivity index (χ3v) is 5.53. The monoisotopic (exact) mass is 290 g/mol. The lowest BCUT2D eigenvalue weighted by molar-refractivity contribution is 0.111. The van der Waals surface area contributed by atoms with Gasteiger partial charge in [-0.2, -0.15) is 5.10 Å². The normalized spacial score (nSPS) is 23.7. The molecule has 1 atom stereocenters. The van der Waals surface area contributed by atoms with Crippen molar-refractivity contribution in [1.29, 1.82) is 0 Å². The third-order valence-electron chi connectivity index (χ3n) is 5.53. The van der Waals surface area contributed by atoms with E-state index in [0.717, 1.165) is 18.4 Å². The van der Waals surface area contributed by atoms with Crippen molar-refractivity contribution in [2.45, 2.75) is 51.5 Å². The molecule has 2 aliphatic heterocycles. The van der Waals surface area contributed by atoms with Crippen LogP contribution in [0.4, 0.5) is 0 Å². The first-order valence-corrected chi connectivity index (χ1v) is 8.77. The number of piperidine rings is 1. The van der Waals surface area contributed by atoms with Crippen LogP contribution in [0.2, 0.25) is 0 Å². The zero-order valence-electron chi connectivity index (χ0n) is 13.4. The van der Waals surface area contributed by atoms with Crippen molar-refractivity contribution in [3.8, 4) is 0 Å². The quantitative estimate of drug-likeness (QED) is 0.874. The molecule has 2 saturated heterocycles. The van der Waals surface area contributed by atoms with E-state index >= 15 is 0 Å². The van der Waals surface area contributed by atoms with Crippen LogP contribution >= 0.6 is 0 Å². The molecule has 21 heavy (non-hydrogen) atoms. The molecule has 0 radical (unpaired) electrons. The molecular weight excluding hydrogens is 260 g/mol. The topological polar surface area (TPSA) is 35.2 Å². The summed E-state index contributed by atoms with van der Waals surface area (Å²) >= 11 is 0. The second-order valence-electron chi connectivity index (χ2n) is 6.87. The number of rotatable bonds is 6. The molecule has 0 amide bonds. The molecule has 2 aliphatic rings. The Morgan fingerprint density at radius 3 is 2.67 bits per heavy atom. The summed E-state index contributed by atoms with van der Waals surface area (Å²) in [5, 5.41) is 6.91. The summed E-state index contributed by atoms with van der Waals surface area (Å²) in [6.45, 7) is 8.99. The van der Waals surface area contributed by atoms with E-state index in [1.807, 2.05) is 12.4 Å². The number of nitrogens with one attached hydrogen (secondary N) is 1. The number of aromatic nitrogens is 2. The maximum atomic E-state index is 4.01. The molecule has 0 aliphatic carbocycles. The van der Waals surface area contributed by atoms with E-state index in [0.29, 0.717) is 0 Å². The molecule has 0 saturated carbocycles. The highest BCUT2D eigenvalue weighted by Crippen LogP contribution is 2.26. The Kier molecular flexibility index (Phi) is 5.31. The Morgan fingerprint density at radius 2 is 2.00 bits per heavy atom. The summed E-state index contributed by atoms with van der Waals surface area (Å²) in [6, 6.07) is 0.806. The van der Waals surface area contributed by atoms with E-state index < -0.39 is 0 Å². The van der Waals surface area contributed by atoms with E-state index in [2.05, 4.69) is 26.9 Å². The van der Waals surface area contributed by atoms with Gasteiger partial charge in [0.25, 0.3) is 0 Å². The Labute approximate surface area is 128 Å². The largest absolute Gasteiger partial charge is 0.303 e. The molecule has 1 aromatic rings. The molecular formula is C17H30N4. The first kappa shape index (κ1) is 15.0. The molecule has 1 N–H and O–H groups in total. The summed E-state index contributed by atoms with van der Waals surface area (Å²) in [5.74, 6) is 0.924. The smallest absolute Gasteiger partial charge is 0.0519 e. The molecule has 0 bridgehead atoms. The van der Waals surface area contributed by atoms with Gasteiger partial charge in [0.05, 0.1) is 6.20 Å². The van der Waals surface area contributed by atoms with Crippen LogP contribution in [-0.4, -0.2) is 58.8 Å². The predicted octanol–water partition coefficient (Wildman–Crippen LogP) is 2.54. The number of H-pyrrole nitrogens is 1. The van der Waals surface area contributed by atoms with E-state index in [-0.39, 0.29) is 0 Å². The zero-order valence-corrected chi connectivity index (χ0v) is 13.4. The number of hydrogen-bond donors (Lipinski definition) is 1. The van der Waals surface area contributed by atoms with Gasteiger partial charge in [-0.1, -0.05) is 0 Å². The van der Waals surface area contributed by atoms with Crippen molar-refractivity contribution in [3.63, 3.8) is 0 Å². The lowest BCUT2D eigenvalue weighted by Gasteiger charge is -2.38. The highest BCUT2D eigenvalue weighted by atomic mass is 15.2. The summed E-state index contributed by atoms with van der Waals surface area (Å²) in [4.78, 5) is 5.38. The van der Waals surface area contributed by atoms with Gasteiger partial charge in [0.15, 0.2) is 0 Å². The average molecular weight is 290 g/mol. The SMILES string of the molecule is CC(C1CCN(CCCc2cn[nH]c2)CC1)N1CCCC1. The number of likely N-dealkylation sites (tertiary alicyclic amines) is 2. The van der Waals surface area contributed by atoms with Crippen LogP contribution in [0.1, 0.15) is 44.6 Å².